The summed E-state index contributed by atoms with van der Waals surface area (Å²) in [5, 5.41) is 3.49. The van der Waals surface area contributed by atoms with E-state index in [2.05, 4.69) is 12.2 Å². The van der Waals surface area contributed by atoms with Crippen LogP contribution in [-0.2, 0) is 4.74 Å². The summed E-state index contributed by atoms with van der Waals surface area (Å²) in [5.74, 6) is 0.389. The van der Waals surface area contributed by atoms with Crippen LogP contribution in [0.4, 0.5) is 0 Å². The second-order valence-corrected chi connectivity index (χ2v) is 6.31. The van der Waals surface area contributed by atoms with Crippen molar-refractivity contribution in [3.05, 3.63) is 33.8 Å². The molecule has 1 aliphatic rings. The van der Waals surface area contributed by atoms with Crippen molar-refractivity contribution in [3.8, 4) is 0 Å². The van der Waals surface area contributed by atoms with Crippen LogP contribution in [0.5, 0.6) is 0 Å². The molecule has 2 atom stereocenters. The molecule has 1 aromatic carbocycles. The van der Waals surface area contributed by atoms with E-state index in [-0.39, 0.29) is 5.91 Å². The Hall–Kier alpha value is -0.770. The molecule has 0 radical (unpaired) electrons. The summed E-state index contributed by atoms with van der Waals surface area (Å²) in [4.78, 5) is 12.0. The first-order valence-electron chi connectivity index (χ1n) is 7.43. The van der Waals surface area contributed by atoms with Gasteiger partial charge in [0.15, 0.2) is 0 Å². The van der Waals surface area contributed by atoms with Gasteiger partial charge in [0.2, 0.25) is 0 Å². The maximum Gasteiger partial charge on any atom is 0.252 e. The van der Waals surface area contributed by atoms with E-state index in [1.54, 1.807) is 18.2 Å². The van der Waals surface area contributed by atoms with E-state index >= 15 is 0 Å². The highest BCUT2D eigenvalue weighted by molar-refractivity contribution is 6.43. The first kappa shape index (κ1) is 16.6. The van der Waals surface area contributed by atoms with Gasteiger partial charge in [-0.15, -0.1) is 0 Å². The van der Waals surface area contributed by atoms with Crippen molar-refractivity contribution in [2.45, 2.75) is 38.7 Å². The van der Waals surface area contributed by atoms with Crippen molar-refractivity contribution in [3.63, 3.8) is 0 Å². The molecule has 1 amide bonds. The van der Waals surface area contributed by atoms with Gasteiger partial charge in [0, 0.05) is 6.54 Å². The highest BCUT2D eigenvalue weighted by atomic mass is 35.5. The molecule has 2 rings (SSSR count). The Labute approximate surface area is 136 Å². The molecule has 0 heterocycles. The lowest BCUT2D eigenvalue weighted by molar-refractivity contribution is -0.00293. The fraction of sp³-hybridized carbons (Fsp3) is 0.562. The number of carbonyl (C=O) groups is 1. The monoisotopic (exact) mass is 329 g/mol. The predicted molar refractivity (Wildman–Crippen MR) is 86.2 cm³/mol. The normalized spacial score (nSPS) is 22.0. The van der Waals surface area contributed by atoms with Gasteiger partial charge in [0.1, 0.15) is 0 Å². The molecule has 0 spiro atoms. The maximum absolute atomic E-state index is 12.0. The minimum absolute atomic E-state index is 0.220. The quantitative estimate of drug-likeness (QED) is 0.817. The first-order valence-corrected chi connectivity index (χ1v) is 8.19. The molecule has 1 aromatic rings. The molecule has 21 heavy (non-hydrogen) atoms. The standard InChI is InChI=1S/C16H21Cl2NO2/c1-11-5-2-3-8-14(11)21-10-9-19-16(20)12-6-4-7-13(17)15(12)18/h4,6-7,11,14H,2-3,5,8-10H2,1H3,(H,19,20)/t11-,14+/m1/s1. The Morgan fingerprint density at radius 3 is 2.86 bits per heavy atom. The number of ether oxygens (including phenoxy) is 1. The zero-order valence-corrected chi connectivity index (χ0v) is 13.7. The average Bonchev–Trinajstić information content (AvgIpc) is 2.48. The van der Waals surface area contributed by atoms with Gasteiger partial charge in [-0.05, 0) is 30.9 Å². The summed E-state index contributed by atoms with van der Waals surface area (Å²) in [6.07, 6.45) is 5.21. The molecular formula is C16H21Cl2NO2. The number of rotatable bonds is 5. The van der Waals surface area contributed by atoms with E-state index in [0.717, 1.165) is 6.42 Å². The van der Waals surface area contributed by atoms with Gasteiger partial charge in [-0.25, -0.2) is 0 Å². The van der Waals surface area contributed by atoms with E-state index in [1.165, 1.54) is 19.3 Å². The number of nitrogens with one attached hydrogen (secondary N) is 1. The van der Waals surface area contributed by atoms with Crippen molar-refractivity contribution >= 4 is 29.1 Å². The summed E-state index contributed by atoms with van der Waals surface area (Å²) in [7, 11) is 0. The van der Waals surface area contributed by atoms with Gasteiger partial charge in [-0.1, -0.05) is 49.0 Å². The third kappa shape index (κ3) is 4.60. The minimum atomic E-state index is -0.220. The summed E-state index contributed by atoms with van der Waals surface area (Å²) >= 11 is 11.9. The van der Waals surface area contributed by atoms with Gasteiger partial charge in [-0.3, -0.25) is 4.79 Å². The summed E-state index contributed by atoms with van der Waals surface area (Å²) in [6, 6.07) is 5.03. The lowest BCUT2D eigenvalue weighted by atomic mass is 9.88. The molecule has 1 fully saturated rings. The molecular weight excluding hydrogens is 309 g/mol. The highest BCUT2D eigenvalue weighted by Gasteiger charge is 2.21. The molecule has 0 unspecified atom stereocenters. The van der Waals surface area contributed by atoms with Gasteiger partial charge in [0.25, 0.3) is 5.91 Å². The average molecular weight is 330 g/mol. The van der Waals surface area contributed by atoms with Crippen LogP contribution >= 0.6 is 23.2 Å². The number of halogens is 2. The lowest BCUT2D eigenvalue weighted by Gasteiger charge is -2.28. The Morgan fingerprint density at radius 1 is 1.33 bits per heavy atom. The first-order chi connectivity index (χ1) is 10.1. The van der Waals surface area contributed by atoms with Crippen molar-refractivity contribution in [1.82, 2.24) is 5.32 Å². The second-order valence-electron chi connectivity index (χ2n) is 5.53. The van der Waals surface area contributed by atoms with Crippen LogP contribution in [0.2, 0.25) is 10.0 Å². The van der Waals surface area contributed by atoms with Gasteiger partial charge in [0.05, 0.1) is 28.3 Å². The molecule has 0 saturated heterocycles. The Balaban J connectivity index is 1.75. The molecule has 116 valence electrons. The second kappa shape index (κ2) is 8.02. The van der Waals surface area contributed by atoms with Crippen LogP contribution in [-0.4, -0.2) is 25.2 Å². The molecule has 5 heteroatoms. The maximum atomic E-state index is 12.0. The summed E-state index contributed by atoms with van der Waals surface area (Å²) in [6.45, 7) is 3.23. The van der Waals surface area contributed by atoms with Crippen LogP contribution in [0, 0.1) is 5.92 Å². The Kier molecular flexibility index (Phi) is 6.34. The third-order valence-electron chi connectivity index (χ3n) is 3.95. The lowest BCUT2D eigenvalue weighted by Crippen LogP contribution is -2.31. The largest absolute Gasteiger partial charge is 0.376 e. The SMILES string of the molecule is C[C@@H]1CCCC[C@@H]1OCCNC(=O)c1cccc(Cl)c1Cl. The number of hydrogen-bond donors (Lipinski definition) is 1. The van der Waals surface area contributed by atoms with Crippen LogP contribution < -0.4 is 5.32 Å². The summed E-state index contributed by atoms with van der Waals surface area (Å²) in [5.41, 5.74) is 0.398. The third-order valence-corrected chi connectivity index (χ3v) is 4.77. The minimum Gasteiger partial charge on any atom is -0.376 e. The van der Waals surface area contributed by atoms with Gasteiger partial charge >= 0.3 is 0 Å². The van der Waals surface area contributed by atoms with Crippen molar-refractivity contribution in [1.29, 1.82) is 0 Å². The molecule has 1 aliphatic carbocycles. The predicted octanol–water partition coefficient (Wildman–Crippen LogP) is 4.32. The fourth-order valence-corrected chi connectivity index (χ4v) is 3.07. The summed E-state index contributed by atoms with van der Waals surface area (Å²) < 4.78 is 5.86. The number of carbonyl (C=O) groups excluding carboxylic acids is 1. The van der Waals surface area contributed by atoms with Crippen molar-refractivity contribution in [2.75, 3.05) is 13.2 Å². The molecule has 0 aromatic heterocycles. The van der Waals surface area contributed by atoms with E-state index in [0.29, 0.717) is 40.8 Å². The smallest absolute Gasteiger partial charge is 0.252 e. The van der Waals surface area contributed by atoms with Crippen molar-refractivity contribution in [2.24, 2.45) is 5.92 Å². The van der Waals surface area contributed by atoms with E-state index in [1.807, 2.05) is 0 Å². The molecule has 3 nitrogen and oxygen atoms in total. The van der Waals surface area contributed by atoms with Crippen LogP contribution in [0.1, 0.15) is 43.0 Å². The Bertz CT molecular complexity index is 493. The van der Waals surface area contributed by atoms with Crippen LogP contribution in [0.15, 0.2) is 18.2 Å². The highest BCUT2D eigenvalue weighted by Crippen LogP contribution is 2.26. The Morgan fingerprint density at radius 2 is 2.10 bits per heavy atom. The van der Waals surface area contributed by atoms with Gasteiger partial charge < -0.3 is 10.1 Å². The zero-order valence-electron chi connectivity index (χ0n) is 12.2. The number of benzene rings is 1. The number of amides is 1. The zero-order chi connectivity index (χ0) is 15.2. The van der Waals surface area contributed by atoms with E-state index in [9.17, 15) is 4.79 Å². The molecule has 1 N–H and O–H groups in total. The van der Waals surface area contributed by atoms with E-state index in [4.69, 9.17) is 27.9 Å². The fourth-order valence-electron chi connectivity index (χ4n) is 2.68. The van der Waals surface area contributed by atoms with Crippen LogP contribution in [0.25, 0.3) is 0 Å². The molecule has 1 saturated carbocycles. The number of hydrogen-bond acceptors (Lipinski definition) is 2. The van der Waals surface area contributed by atoms with Crippen LogP contribution in [0.3, 0.4) is 0 Å². The topological polar surface area (TPSA) is 38.3 Å². The molecule has 0 bridgehead atoms. The van der Waals surface area contributed by atoms with Crippen molar-refractivity contribution < 1.29 is 9.53 Å². The van der Waals surface area contributed by atoms with E-state index < -0.39 is 0 Å². The van der Waals surface area contributed by atoms with Gasteiger partial charge in [-0.2, -0.15) is 0 Å². The molecule has 0 aliphatic heterocycles.